The van der Waals surface area contributed by atoms with Gasteiger partial charge < -0.3 is 20.3 Å². The molecule has 3 amide bonds. The minimum atomic E-state index is -0.438. The van der Waals surface area contributed by atoms with E-state index in [1.807, 2.05) is 0 Å². The fourth-order valence-electron chi connectivity index (χ4n) is 3.08. The average Bonchev–Trinajstić information content (AvgIpc) is 2.73. The minimum absolute atomic E-state index is 0.0890. The summed E-state index contributed by atoms with van der Waals surface area (Å²) < 4.78 is 19.5. The molecule has 1 heterocycles. The summed E-state index contributed by atoms with van der Waals surface area (Å²) in [6, 6.07) is 17.5. The summed E-state index contributed by atoms with van der Waals surface area (Å²) in [5.41, 5.74) is 1.99. The highest BCUT2D eigenvalue weighted by atomic mass is 35.5. The van der Waals surface area contributed by atoms with Crippen molar-refractivity contribution in [3.05, 3.63) is 83.1 Å². The van der Waals surface area contributed by atoms with Crippen LogP contribution < -0.4 is 20.3 Å². The van der Waals surface area contributed by atoms with Crippen molar-refractivity contribution in [3.63, 3.8) is 0 Å². The Bertz CT molecular complexity index is 1110. The third kappa shape index (κ3) is 4.36. The molecule has 0 radical (unpaired) electrons. The fourth-order valence-corrected chi connectivity index (χ4v) is 3.21. The summed E-state index contributed by atoms with van der Waals surface area (Å²) in [7, 11) is 0. The Labute approximate surface area is 177 Å². The van der Waals surface area contributed by atoms with E-state index in [9.17, 15) is 14.0 Å². The maximum absolute atomic E-state index is 14.0. The van der Waals surface area contributed by atoms with Crippen molar-refractivity contribution in [1.82, 2.24) is 0 Å². The zero-order chi connectivity index (χ0) is 21.1. The third-order valence-corrected chi connectivity index (χ3v) is 4.80. The molecular weight excluding hydrogens is 409 g/mol. The number of carbonyl (C=O) groups is 2. The van der Waals surface area contributed by atoms with Crippen LogP contribution >= 0.6 is 11.6 Å². The molecule has 0 saturated carbocycles. The number of amides is 3. The lowest BCUT2D eigenvalue weighted by Gasteiger charge is -2.30. The smallest absolute Gasteiger partial charge is 0.323 e. The van der Waals surface area contributed by atoms with Crippen LogP contribution in [0.15, 0.2) is 66.7 Å². The number of nitrogens with zero attached hydrogens (tertiary/aromatic N) is 1. The summed E-state index contributed by atoms with van der Waals surface area (Å²) in [5, 5.41) is 5.98. The van der Waals surface area contributed by atoms with E-state index >= 15 is 0 Å². The number of fused-ring (bicyclic) bond motifs is 1. The molecular formula is C22H17ClFN3O3. The molecule has 0 unspecified atom stereocenters. The number of hydrogen-bond acceptors (Lipinski definition) is 3. The van der Waals surface area contributed by atoms with E-state index in [-0.39, 0.29) is 24.9 Å². The Morgan fingerprint density at radius 1 is 1.03 bits per heavy atom. The largest absolute Gasteiger partial charge is 0.481 e. The number of benzene rings is 3. The zero-order valence-electron chi connectivity index (χ0n) is 15.7. The summed E-state index contributed by atoms with van der Waals surface area (Å²) in [5.74, 6) is -0.224. The SMILES string of the molecule is O=C(Nc1ccc(Cl)cc1)Nc1ccc2c(c1)OCC(=O)N2Cc1ccccc1F. The van der Waals surface area contributed by atoms with Crippen molar-refractivity contribution >= 4 is 40.6 Å². The first-order valence-electron chi connectivity index (χ1n) is 9.14. The highest BCUT2D eigenvalue weighted by Crippen LogP contribution is 2.35. The van der Waals surface area contributed by atoms with Gasteiger partial charge in [0.05, 0.1) is 12.2 Å². The third-order valence-electron chi connectivity index (χ3n) is 4.55. The maximum Gasteiger partial charge on any atom is 0.323 e. The molecule has 0 aromatic heterocycles. The molecule has 2 N–H and O–H groups in total. The van der Waals surface area contributed by atoms with Gasteiger partial charge in [0, 0.05) is 28.0 Å². The molecule has 6 nitrogen and oxygen atoms in total. The number of hydrogen-bond donors (Lipinski definition) is 2. The highest BCUT2D eigenvalue weighted by molar-refractivity contribution is 6.30. The number of ether oxygens (including phenoxy) is 1. The molecule has 4 rings (SSSR count). The standard InChI is InChI=1S/C22H17ClFN3O3/c23-15-5-7-16(8-6-15)25-22(29)26-17-9-10-19-20(11-17)30-13-21(28)27(19)12-14-3-1-2-4-18(14)24/h1-11H,12-13H2,(H2,25,26,29). The Balaban J connectivity index is 1.50. The van der Waals surface area contributed by atoms with Gasteiger partial charge in [0.1, 0.15) is 11.6 Å². The van der Waals surface area contributed by atoms with Crippen LogP contribution in [0.5, 0.6) is 5.75 Å². The average molecular weight is 426 g/mol. The van der Waals surface area contributed by atoms with E-state index < -0.39 is 6.03 Å². The Kier molecular flexibility index (Phi) is 5.54. The number of urea groups is 1. The second-order valence-electron chi connectivity index (χ2n) is 6.63. The summed E-state index contributed by atoms with van der Waals surface area (Å²) in [6.07, 6.45) is 0. The predicted molar refractivity (Wildman–Crippen MR) is 114 cm³/mol. The van der Waals surface area contributed by atoms with Crippen molar-refractivity contribution in [1.29, 1.82) is 0 Å². The van der Waals surface area contributed by atoms with Crippen LogP contribution in [0.3, 0.4) is 0 Å². The van der Waals surface area contributed by atoms with E-state index in [0.29, 0.717) is 33.4 Å². The molecule has 30 heavy (non-hydrogen) atoms. The Morgan fingerprint density at radius 3 is 2.50 bits per heavy atom. The summed E-state index contributed by atoms with van der Waals surface area (Å²) in [6.45, 7) is -0.0758. The predicted octanol–water partition coefficient (Wildman–Crippen LogP) is 5.05. The summed E-state index contributed by atoms with van der Waals surface area (Å²) in [4.78, 5) is 26.0. The molecule has 3 aromatic carbocycles. The highest BCUT2D eigenvalue weighted by Gasteiger charge is 2.26. The van der Waals surface area contributed by atoms with Gasteiger partial charge in [0.25, 0.3) is 5.91 Å². The topological polar surface area (TPSA) is 70.7 Å². The maximum atomic E-state index is 14.0. The Morgan fingerprint density at radius 2 is 1.73 bits per heavy atom. The van der Waals surface area contributed by atoms with Crippen molar-refractivity contribution in [2.24, 2.45) is 0 Å². The van der Waals surface area contributed by atoms with Gasteiger partial charge in [-0.25, -0.2) is 9.18 Å². The van der Waals surface area contributed by atoms with E-state index in [0.717, 1.165) is 0 Å². The van der Waals surface area contributed by atoms with E-state index in [1.54, 1.807) is 60.7 Å². The van der Waals surface area contributed by atoms with Gasteiger partial charge in [-0.1, -0.05) is 29.8 Å². The van der Waals surface area contributed by atoms with E-state index in [2.05, 4.69) is 10.6 Å². The Hall–Kier alpha value is -3.58. The van der Waals surface area contributed by atoms with Crippen LogP contribution in [0, 0.1) is 5.82 Å². The van der Waals surface area contributed by atoms with Gasteiger partial charge >= 0.3 is 6.03 Å². The molecule has 0 saturated heterocycles. The molecule has 0 bridgehead atoms. The van der Waals surface area contributed by atoms with Crippen LogP contribution in [-0.2, 0) is 11.3 Å². The second kappa shape index (κ2) is 8.42. The number of anilines is 3. The molecule has 0 atom stereocenters. The lowest BCUT2D eigenvalue weighted by atomic mass is 10.1. The van der Waals surface area contributed by atoms with Crippen LogP contribution in [0.1, 0.15) is 5.56 Å². The molecule has 1 aliphatic rings. The molecule has 1 aliphatic heterocycles. The first-order valence-corrected chi connectivity index (χ1v) is 9.51. The van der Waals surface area contributed by atoms with Crippen LogP contribution in [-0.4, -0.2) is 18.5 Å². The number of nitrogens with one attached hydrogen (secondary N) is 2. The molecule has 0 spiro atoms. The van der Waals surface area contributed by atoms with Crippen molar-refractivity contribution in [2.75, 3.05) is 22.1 Å². The minimum Gasteiger partial charge on any atom is -0.481 e. The molecule has 0 fully saturated rings. The lowest BCUT2D eigenvalue weighted by molar-refractivity contribution is -0.121. The molecule has 8 heteroatoms. The number of rotatable bonds is 4. The zero-order valence-corrected chi connectivity index (χ0v) is 16.4. The molecule has 0 aliphatic carbocycles. The van der Waals surface area contributed by atoms with Gasteiger partial charge in [-0.15, -0.1) is 0 Å². The second-order valence-corrected chi connectivity index (χ2v) is 7.06. The summed E-state index contributed by atoms with van der Waals surface area (Å²) >= 11 is 5.84. The monoisotopic (exact) mass is 425 g/mol. The lowest BCUT2D eigenvalue weighted by Crippen LogP contribution is -2.38. The first-order chi connectivity index (χ1) is 14.5. The van der Waals surface area contributed by atoms with E-state index in [4.69, 9.17) is 16.3 Å². The molecule has 152 valence electrons. The number of carbonyl (C=O) groups excluding carboxylic acids is 2. The number of halogens is 2. The van der Waals surface area contributed by atoms with Gasteiger partial charge in [0.15, 0.2) is 6.61 Å². The van der Waals surface area contributed by atoms with Crippen LogP contribution in [0.25, 0.3) is 0 Å². The molecule has 3 aromatic rings. The fraction of sp³-hybridized carbons (Fsp3) is 0.0909. The van der Waals surface area contributed by atoms with Crippen molar-refractivity contribution in [3.8, 4) is 5.75 Å². The van der Waals surface area contributed by atoms with Gasteiger partial charge in [0.2, 0.25) is 0 Å². The van der Waals surface area contributed by atoms with Gasteiger partial charge in [-0.05, 0) is 42.5 Å². The van der Waals surface area contributed by atoms with Gasteiger partial charge in [-0.2, -0.15) is 0 Å². The van der Waals surface area contributed by atoms with Gasteiger partial charge in [-0.3, -0.25) is 4.79 Å². The van der Waals surface area contributed by atoms with Crippen molar-refractivity contribution in [2.45, 2.75) is 6.54 Å². The van der Waals surface area contributed by atoms with Crippen molar-refractivity contribution < 1.29 is 18.7 Å². The van der Waals surface area contributed by atoms with Crippen LogP contribution in [0.4, 0.5) is 26.2 Å². The normalized spacial score (nSPS) is 12.7. The first kappa shape index (κ1) is 19.7. The van der Waals surface area contributed by atoms with Crippen LogP contribution in [0.2, 0.25) is 5.02 Å². The quantitative estimate of drug-likeness (QED) is 0.614. The van der Waals surface area contributed by atoms with E-state index in [1.165, 1.54) is 11.0 Å².